The second-order valence-corrected chi connectivity index (χ2v) is 6.98. The highest BCUT2D eigenvalue weighted by molar-refractivity contribution is 5.95. The number of nitrogens with two attached hydrogens (primary N) is 1. The zero-order valence-electron chi connectivity index (χ0n) is 14.6. The third kappa shape index (κ3) is 3.51. The molecule has 2 saturated carbocycles. The highest BCUT2D eigenvalue weighted by Crippen LogP contribution is 2.40. The van der Waals surface area contributed by atoms with Gasteiger partial charge in [0.2, 0.25) is 0 Å². The van der Waals surface area contributed by atoms with E-state index in [9.17, 15) is 4.79 Å². The van der Waals surface area contributed by atoms with Gasteiger partial charge in [0.25, 0.3) is 5.91 Å². The van der Waals surface area contributed by atoms with Gasteiger partial charge in [-0.05, 0) is 62.6 Å². The molecule has 0 radical (unpaired) electrons. The minimum atomic E-state index is -0.0336. The molecule has 2 aliphatic rings. The maximum Gasteiger partial charge on any atom is 0.251 e. The maximum absolute atomic E-state index is 12.7. The summed E-state index contributed by atoms with van der Waals surface area (Å²) in [7, 11) is 1.59. The second-order valence-electron chi connectivity index (χ2n) is 6.98. The summed E-state index contributed by atoms with van der Waals surface area (Å²) in [6.07, 6.45) is 5.64. The van der Waals surface area contributed by atoms with Crippen molar-refractivity contribution in [3.8, 4) is 11.5 Å². The van der Waals surface area contributed by atoms with Gasteiger partial charge >= 0.3 is 0 Å². The number of hydrogen-bond acceptors (Lipinski definition) is 4. The number of methoxy groups -OCH3 is 1. The zero-order chi connectivity index (χ0) is 17.1. The lowest BCUT2D eigenvalue weighted by molar-refractivity contribution is 0.0755. The van der Waals surface area contributed by atoms with Gasteiger partial charge in [-0.2, -0.15) is 0 Å². The van der Waals surface area contributed by atoms with Crippen molar-refractivity contribution in [1.82, 2.24) is 5.32 Å². The normalized spacial score (nSPS) is 29.0. The van der Waals surface area contributed by atoms with E-state index in [-0.39, 0.29) is 11.9 Å². The summed E-state index contributed by atoms with van der Waals surface area (Å²) in [5.41, 5.74) is 6.78. The lowest BCUT2D eigenvalue weighted by Crippen LogP contribution is -2.53. The van der Waals surface area contributed by atoms with Crippen molar-refractivity contribution in [2.45, 2.75) is 51.1 Å². The van der Waals surface area contributed by atoms with E-state index in [2.05, 4.69) is 5.32 Å². The van der Waals surface area contributed by atoms with Gasteiger partial charge in [0.05, 0.1) is 13.7 Å². The van der Waals surface area contributed by atoms with E-state index in [1.165, 1.54) is 19.3 Å². The quantitative estimate of drug-likeness (QED) is 0.869. The second kappa shape index (κ2) is 7.43. The Morgan fingerprint density at radius 1 is 1.25 bits per heavy atom. The number of carbonyl (C=O) groups is 1. The van der Waals surface area contributed by atoms with Crippen LogP contribution in [0.4, 0.5) is 0 Å². The molecule has 0 saturated heterocycles. The van der Waals surface area contributed by atoms with Crippen molar-refractivity contribution >= 4 is 5.91 Å². The first kappa shape index (κ1) is 17.1. The number of benzene rings is 1. The number of rotatable bonds is 5. The molecule has 24 heavy (non-hydrogen) atoms. The summed E-state index contributed by atoms with van der Waals surface area (Å²) in [6, 6.07) is 5.90. The Morgan fingerprint density at radius 3 is 2.58 bits per heavy atom. The monoisotopic (exact) mass is 332 g/mol. The van der Waals surface area contributed by atoms with Gasteiger partial charge < -0.3 is 20.5 Å². The molecule has 3 N–H and O–H groups in total. The van der Waals surface area contributed by atoms with Crippen molar-refractivity contribution in [3.63, 3.8) is 0 Å². The van der Waals surface area contributed by atoms with E-state index in [1.807, 2.05) is 6.92 Å². The first-order chi connectivity index (χ1) is 11.6. The van der Waals surface area contributed by atoms with Crippen LogP contribution in [0, 0.1) is 11.8 Å². The lowest BCUT2D eigenvalue weighted by Gasteiger charge is -2.45. The fraction of sp³-hybridized carbons (Fsp3) is 0.632. The van der Waals surface area contributed by atoms with Crippen LogP contribution in [0.5, 0.6) is 11.5 Å². The van der Waals surface area contributed by atoms with Crippen LogP contribution in [0.3, 0.4) is 0 Å². The zero-order valence-corrected chi connectivity index (χ0v) is 14.6. The molecule has 132 valence electrons. The Morgan fingerprint density at radius 2 is 1.96 bits per heavy atom. The predicted octanol–water partition coefficient (Wildman–Crippen LogP) is 2.73. The molecule has 2 bridgehead atoms. The average molecular weight is 332 g/mol. The number of ether oxygens (including phenoxy) is 2. The van der Waals surface area contributed by atoms with Crippen molar-refractivity contribution < 1.29 is 14.3 Å². The maximum atomic E-state index is 12.7. The van der Waals surface area contributed by atoms with Gasteiger partial charge in [0, 0.05) is 17.6 Å². The summed E-state index contributed by atoms with van der Waals surface area (Å²) in [5, 5.41) is 3.27. The van der Waals surface area contributed by atoms with Gasteiger partial charge in [0.1, 0.15) is 0 Å². The molecule has 0 spiro atoms. The van der Waals surface area contributed by atoms with Crippen LogP contribution >= 0.6 is 0 Å². The predicted molar refractivity (Wildman–Crippen MR) is 93.5 cm³/mol. The highest BCUT2D eigenvalue weighted by atomic mass is 16.5. The molecule has 2 atom stereocenters. The fourth-order valence-corrected chi connectivity index (χ4v) is 4.34. The minimum Gasteiger partial charge on any atom is -0.493 e. The molecule has 2 fully saturated rings. The molecule has 5 heteroatoms. The summed E-state index contributed by atoms with van der Waals surface area (Å²) in [5.74, 6) is 2.25. The van der Waals surface area contributed by atoms with Gasteiger partial charge in [0.15, 0.2) is 11.5 Å². The van der Waals surface area contributed by atoms with Crippen molar-refractivity contribution in [1.29, 1.82) is 0 Å². The van der Waals surface area contributed by atoms with Crippen LogP contribution in [0.2, 0.25) is 0 Å². The Labute approximate surface area is 143 Å². The smallest absolute Gasteiger partial charge is 0.251 e. The van der Waals surface area contributed by atoms with E-state index in [0.717, 1.165) is 12.8 Å². The van der Waals surface area contributed by atoms with E-state index in [4.69, 9.17) is 15.2 Å². The molecule has 3 rings (SSSR count). The number of nitrogens with one attached hydrogen (secondary N) is 1. The minimum absolute atomic E-state index is 0.0336. The topological polar surface area (TPSA) is 73.6 Å². The van der Waals surface area contributed by atoms with Crippen LogP contribution in [0.15, 0.2) is 18.2 Å². The molecule has 1 amide bonds. The van der Waals surface area contributed by atoms with E-state index < -0.39 is 0 Å². The van der Waals surface area contributed by atoms with Crippen LogP contribution in [0.25, 0.3) is 0 Å². The van der Waals surface area contributed by atoms with Crippen LogP contribution in [-0.2, 0) is 0 Å². The van der Waals surface area contributed by atoms with Crippen LogP contribution < -0.4 is 20.5 Å². The highest BCUT2D eigenvalue weighted by Gasteiger charge is 2.40. The van der Waals surface area contributed by atoms with Crippen LogP contribution in [-0.4, -0.2) is 31.7 Å². The SMILES string of the molecule is CCOc1ccc(C(=O)NC2C3CCCC2CC(N)C3)cc1OC. The van der Waals surface area contributed by atoms with E-state index in [1.54, 1.807) is 25.3 Å². The molecule has 1 aromatic rings. The van der Waals surface area contributed by atoms with Crippen molar-refractivity contribution in [3.05, 3.63) is 23.8 Å². The third-order valence-corrected chi connectivity index (χ3v) is 5.40. The summed E-state index contributed by atoms with van der Waals surface area (Å²) in [4.78, 5) is 12.7. The molecular formula is C19H28N2O3. The Balaban J connectivity index is 1.73. The third-order valence-electron chi connectivity index (χ3n) is 5.40. The first-order valence-corrected chi connectivity index (χ1v) is 8.99. The van der Waals surface area contributed by atoms with Gasteiger partial charge in [-0.1, -0.05) is 6.42 Å². The van der Waals surface area contributed by atoms with Gasteiger partial charge in [-0.25, -0.2) is 0 Å². The molecule has 0 aromatic heterocycles. The van der Waals surface area contributed by atoms with Crippen molar-refractivity contribution in [2.24, 2.45) is 17.6 Å². The molecule has 5 nitrogen and oxygen atoms in total. The Kier molecular flexibility index (Phi) is 5.29. The number of fused-ring (bicyclic) bond motifs is 2. The first-order valence-electron chi connectivity index (χ1n) is 8.99. The Bertz CT molecular complexity index is 576. The van der Waals surface area contributed by atoms with Crippen molar-refractivity contribution in [2.75, 3.05) is 13.7 Å². The van der Waals surface area contributed by atoms with E-state index >= 15 is 0 Å². The standard InChI is InChI=1S/C19H28N2O3/c1-3-24-16-8-7-14(11-17(16)23-2)19(22)21-18-12-5-4-6-13(18)10-15(20)9-12/h7-8,11-13,15,18H,3-6,9-10,20H2,1-2H3,(H,21,22). The number of amides is 1. The molecular weight excluding hydrogens is 304 g/mol. The van der Waals surface area contributed by atoms with Crippen LogP contribution in [0.1, 0.15) is 49.4 Å². The number of hydrogen-bond donors (Lipinski definition) is 2. The molecule has 0 heterocycles. The largest absolute Gasteiger partial charge is 0.493 e. The average Bonchev–Trinajstić information content (AvgIpc) is 2.56. The summed E-state index contributed by atoms with van der Waals surface area (Å²) in [6.45, 7) is 2.49. The van der Waals surface area contributed by atoms with E-state index in [0.29, 0.717) is 41.5 Å². The van der Waals surface area contributed by atoms with Gasteiger partial charge in [-0.15, -0.1) is 0 Å². The summed E-state index contributed by atoms with van der Waals surface area (Å²) >= 11 is 0. The molecule has 0 aliphatic heterocycles. The van der Waals surface area contributed by atoms with Gasteiger partial charge in [-0.3, -0.25) is 4.79 Å². The number of carbonyl (C=O) groups excluding carboxylic acids is 1. The Hall–Kier alpha value is -1.75. The molecule has 1 aromatic carbocycles. The molecule has 2 aliphatic carbocycles. The summed E-state index contributed by atoms with van der Waals surface area (Å²) < 4.78 is 10.9. The molecule has 2 unspecified atom stereocenters. The lowest BCUT2D eigenvalue weighted by atomic mass is 9.67. The fourth-order valence-electron chi connectivity index (χ4n) is 4.34.